The Balaban J connectivity index is 1.69. The maximum Gasteiger partial charge on any atom is 0.307 e. The second-order valence-electron chi connectivity index (χ2n) is 9.44. The van der Waals surface area contributed by atoms with Crippen LogP contribution in [0.4, 0.5) is 17.1 Å². The summed E-state index contributed by atoms with van der Waals surface area (Å²) in [5, 5.41) is 12.5. The number of aliphatic carboxylic acids is 1. The summed E-state index contributed by atoms with van der Waals surface area (Å²) in [6.45, 7) is 0.663. The zero-order valence-electron chi connectivity index (χ0n) is 21.4. The molecule has 1 unspecified atom stereocenters. The minimum Gasteiger partial charge on any atom is -0.481 e. The Kier molecular flexibility index (Phi) is 8.24. The van der Waals surface area contributed by atoms with Crippen LogP contribution in [0.2, 0.25) is 5.02 Å². The number of aliphatic imine (C=N–C) groups is 1. The number of nitrogens with one attached hydrogen (secondary N) is 1. The van der Waals surface area contributed by atoms with Crippen molar-refractivity contribution in [1.82, 2.24) is 4.90 Å². The number of halogens is 1. The molecular weight excluding hydrogens is 504 g/mol. The number of carbonyl (C=O) groups is 3. The first-order valence-corrected chi connectivity index (χ1v) is 12.5. The number of amides is 2. The van der Waals surface area contributed by atoms with Crippen LogP contribution in [0.25, 0.3) is 0 Å². The molecular formula is C29H29ClN4O4. The third-order valence-corrected chi connectivity index (χ3v) is 6.59. The van der Waals surface area contributed by atoms with Crippen molar-refractivity contribution in [1.29, 1.82) is 0 Å². The molecule has 0 aromatic heterocycles. The monoisotopic (exact) mass is 532 g/mol. The smallest absolute Gasteiger partial charge is 0.307 e. The van der Waals surface area contributed by atoms with Gasteiger partial charge in [-0.15, -0.1) is 0 Å². The van der Waals surface area contributed by atoms with Crippen LogP contribution in [0.15, 0.2) is 71.7 Å². The molecule has 0 spiro atoms. The van der Waals surface area contributed by atoms with Gasteiger partial charge in [0.25, 0.3) is 0 Å². The Morgan fingerprint density at radius 2 is 1.68 bits per heavy atom. The van der Waals surface area contributed by atoms with E-state index in [0.717, 1.165) is 11.3 Å². The first kappa shape index (κ1) is 27.0. The predicted molar refractivity (Wildman–Crippen MR) is 150 cm³/mol. The van der Waals surface area contributed by atoms with Crippen LogP contribution in [0.1, 0.15) is 29.0 Å². The summed E-state index contributed by atoms with van der Waals surface area (Å²) in [7, 11) is 5.59. The lowest BCUT2D eigenvalue weighted by Gasteiger charge is -2.19. The van der Waals surface area contributed by atoms with E-state index in [9.17, 15) is 14.4 Å². The number of fused-ring (bicyclic) bond motifs is 1. The van der Waals surface area contributed by atoms with Gasteiger partial charge in [0.15, 0.2) is 0 Å². The molecule has 2 amide bonds. The highest BCUT2D eigenvalue weighted by atomic mass is 35.5. The molecule has 8 nitrogen and oxygen atoms in total. The van der Waals surface area contributed by atoms with Gasteiger partial charge in [0.2, 0.25) is 11.8 Å². The molecule has 0 radical (unpaired) electrons. The Morgan fingerprint density at radius 1 is 1.00 bits per heavy atom. The van der Waals surface area contributed by atoms with Crippen molar-refractivity contribution in [3.8, 4) is 0 Å². The Morgan fingerprint density at radius 3 is 2.32 bits per heavy atom. The maximum absolute atomic E-state index is 13.1. The van der Waals surface area contributed by atoms with Gasteiger partial charge in [-0.3, -0.25) is 19.4 Å². The van der Waals surface area contributed by atoms with Crippen LogP contribution in [-0.4, -0.2) is 61.2 Å². The van der Waals surface area contributed by atoms with Gasteiger partial charge >= 0.3 is 5.97 Å². The third-order valence-electron chi connectivity index (χ3n) is 6.36. The van der Waals surface area contributed by atoms with Gasteiger partial charge in [0.05, 0.1) is 17.8 Å². The van der Waals surface area contributed by atoms with Crippen molar-refractivity contribution in [3.05, 3.63) is 88.4 Å². The summed E-state index contributed by atoms with van der Waals surface area (Å²) in [5.41, 5.74) is 4.62. The number of hydrogen-bond donors (Lipinski definition) is 2. The molecule has 1 atom stereocenters. The average Bonchev–Trinajstić information content (AvgIpc) is 3.20. The molecule has 2 N–H and O–H groups in total. The largest absolute Gasteiger partial charge is 0.481 e. The lowest BCUT2D eigenvalue weighted by atomic mass is 9.90. The molecule has 3 aromatic rings. The Labute approximate surface area is 226 Å². The molecule has 9 heteroatoms. The van der Waals surface area contributed by atoms with Crippen molar-refractivity contribution < 1.29 is 19.5 Å². The summed E-state index contributed by atoms with van der Waals surface area (Å²) in [5.74, 6) is -1.81. The number of nitrogens with zero attached hydrogens (tertiary/aromatic N) is 3. The van der Waals surface area contributed by atoms with Gasteiger partial charge in [-0.25, -0.2) is 0 Å². The lowest BCUT2D eigenvalue weighted by Crippen LogP contribution is -2.29. The number of carboxylic acids is 1. The van der Waals surface area contributed by atoms with Gasteiger partial charge in [-0.1, -0.05) is 41.9 Å². The predicted octanol–water partition coefficient (Wildman–Crippen LogP) is 4.74. The van der Waals surface area contributed by atoms with Crippen LogP contribution in [0.5, 0.6) is 0 Å². The molecule has 196 valence electrons. The second kappa shape index (κ2) is 11.6. The zero-order chi connectivity index (χ0) is 27.4. The van der Waals surface area contributed by atoms with Crippen LogP contribution >= 0.6 is 11.6 Å². The van der Waals surface area contributed by atoms with E-state index in [-0.39, 0.29) is 18.2 Å². The van der Waals surface area contributed by atoms with Gasteiger partial charge in [-0.2, -0.15) is 0 Å². The first-order valence-electron chi connectivity index (χ1n) is 12.1. The highest BCUT2D eigenvalue weighted by Gasteiger charge is 2.35. The number of benzene rings is 3. The molecule has 4 rings (SSSR count). The molecule has 1 heterocycles. The topological polar surface area (TPSA) is 102 Å². The number of hydrogen-bond acceptors (Lipinski definition) is 5. The molecule has 3 aromatic carbocycles. The lowest BCUT2D eigenvalue weighted by molar-refractivity contribution is -0.136. The van der Waals surface area contributed by atoms with Crippen LogP contribution in [-0.2, 0) is 20.8 Å². The van der Waals surface area contributed by atoms with E-state index in [1.807, 2.05) is 37.2 Å². The minimum absolute atomic E-state index is 0.00925. The molecule has 0 bridgehead atoms. The van der Waals surface area contributed by atoms with E-state index in [2.05, 4.69) is 5.32 Å². The van der Waals surface area contributed by atoms with Crippen molar-refractivity contribution in [2.24, 2.45) is 4.99 Å². The molecule has 0 saturated carbocycles. The van der Waals surface area contributed by atoms with Crippen molar-refractivity contribution in [3.63, 3.8) is 0 Å². The summed E-state index contributed by atoms with van der Waals surface area (Å²) in [6, 6.07) is 19.5. The number of rotatable bonds is 9. The average molecular weight is 533 g/mol. The molecule has 0 fully saturated rings. The second-order valence-corrected chi connectivity index (χ2v) is 9.88. The normalized spacial score (nSPS) is 14.8. The fourth-order valence-electron chi connectivity index (χ4n) is 4.29. The molecule has 0 aliphatic carbocycles. The molecule has 1 aliphatic rings. The fraction of sp³-hybridized carbons (Fsp3) is 0.241. The van der Waals surface area contributed by atoms with Crippen molar-refractivity contribution >= 4 is 52.2 Å². The summed E-state index contributed by atoms with van der Waals surface area (Å²) >= 11 is 6.14. The summed E-state index contributed by atoms with van der Waals surface area (Å²) in [6.07, 6.45) is 0.311. The van der Waals surface area contributed by atoms with Gasteiger partial charge < -0.3 is 20.2 Å². The van der Waals surface area contributed by atoms with Crippen molar-refractivity contribution in [2.75, 3.05) is 37.9 Å². The van der Waals surface area contributed by atoms with E-state index in [4.69, 9.17) is 21.7 Å². The Hall–Kier alpha value is -4.01. The summed E-state index contributed by atoms with van der Waals surface area (Å²) in [4.78, 5) is 45.2. The van der Waals surface area contributed by atoms with E-state index >= 15 is 0 Å². The van der Waals surface area contributed by atoms with E-state index in [0.29, 0.717) is 46.2 Å². The van der Waals surface area contributed by atoms with Crippen LogP contribution < -0.4 is 10.2 Å². The fourth-order valence-corrected chi connectivity index (χ4v) is 4.46. The van der Waals surface area contributed by atoms with Crippen LogP contribution in [0, 0.1) is 0 Å². The molecule has 0 saturated heterocycles. The number of carbonyl (C=O) groups excluding carboxylic acids is 2. The minimum atomic E-state index is -0.919. The highest BCUT2D eigenvalue weighted by Crippen LogP contribution is 2.38. The quantitative estimate of drug-likeness (QED) is 0.388. The van der Waals surface area contributed by atoms with E-state index in [1.165, 1.54) is 0 Å². The van der Waals surface area contributed by atoms with Crippen LogP contribution in [0.3, 0.4) is 0 Å². The van der Waals surface area contributed by atoms with Gasteiger partial charge in [-0.05, 0) is 67.2 Å². The third kappa shape index (κ3) is 6.27. The number of carboxylic acid groups (broad SMARTS) is 1. The Bertz CT molecular complexity index is 1380. The van der Waals surface area contributed by atoms with E-state index in [1.54, 1.807) is 60.5 Å². The zero-order valence-corrected chi connectivity index (χ0v) is 22.2. The molecule has 38 heavy (non-hydrogen) atoms. The first-order chi connectivity index (χ1) is 18.1. The summed E-state index contributed by atoms with van der Waals surface area (Å²) < 4.78 is 0. The maximum atomic E-state index is 13.1. The van der Waals surface area contributed by atoms with Crippen molar-refractivity contribution in [2.45, 2.75) is 18.8 Å². The molecule has 1 aliphatic heterocycles. The standard InChI is InChI=1S/C29H29ClN4O4/c1-33(2)15-14-25(35)34(3)22-11-9-21(10-12-22)31-28(19-6-4-18(5-7-19)16-26(36)37)27-23-13-8-20(30)17-24(23)32-29(27)38/h4-13,17,27H,14-16H2,1-3H3,(H,32,38)(H,36,37). The van der Waals surface area contributed by atoms with E-state index < -0.39 is 11.9 Å². The SMILES string of the molecule is CN(C)CCC(=O)N(C)c1ccc(N=C(c2ccc(CC(=O)O)cc2)C2C(=O)Nc3cc(Cl)ccc32)cc1. The van der Waals surface area contributed by atoms with Gasteiger partial charge in [0.1, 0.15) is 5.92 Å². The van der Waals surface area contributed by atoms with Gasteiger partial charge in [0, 0.05) is 36.4 Å². The number of anilines is 2. The highest BCUT2D eigenvalue weighted by molar-refractivity contribution is 6.31.